The highest BCUT2D eigenvalue weighted by atomic mass is 16.3. The number of nitrogens with zero attached hydrogens (tertiary/aromatic N) is 1. The number of phenols is 1. The first-order chi connectivity index (χ1) is 16.3. The summed E-state index contributed by atoms with van der Waals surface area (Å²) in [5.74, 6) is -7.82. The van der Waals surface area contributed by atoms with Crippen LogP contribution in [0.4, 0.5) is 0 Å². The molecule has 6 atom stereocenters. The maximum absolute atomic E-state index is 14.1. The lowest BCUT2D eigenvalue weighted by molar-refractivity contribution is -0.151. The molecule has 1 aromatic carbocycles. The molecule has 0 spiro atoms. The van der Waals surface area contributed by atoms with Crippen molar-refractivity contribution in [2.24, 2.45) is 17.3 Å². The van der Waals surface area contributed by atoms with Gasteiger partial charge in [-0.15, -0.1) is 0 Å². The van der Waals surface area contributed by atoms with Crippen LogP contribution in [0, 0.1) is 17.3 Å². The number of rotatable bonds is 2. The molecule has 5 N–H and O–H groups in total. The Morgan fingerprint density at radius 2 is 1.74 bits per heavy atom. The number of hydrogen-bond donors (Lipinski definition) is 5. The third kappa shape index (κ3) is 3.16. The van der Waals surface area contributed by atoms with Crippen molar-refractivity contribution in [3.05, 3.63) is 46.2 Å². The lowest BCUT2D eigenvalue weighted by Gasteiger charge is -2.55. The standard InChI is InChI=1S/C25H28N2O8/c1-9-11-7-6-8-12(29)14(11)19(30)15-13(9)20(31)17-18(27(4)5)21(32)16(24(35)26-10(2)28)23(34)25(17,3)22(15)33/h6-9,13,17-18,20,29-31,34H,1-5H3,(H,26,28,35)/t9-,13+,17+,18-,20-,25+/m0/s1. The molecule has 0 aliphatic heterocycles. The van der Waals surface area contributed by atoms with Gasteiger partial charge in [0.25, 0.3) is 5.91 Å². The fourth-order valence-electron chi connectivity index (χ4n) is 6.11. The van der Waals surface area contributed by atoms with Crippen molar-refractivity contribution >= 4 is 29.1 Å². The van der Waals surface area contributed by atoms with E-state index >= 15 is 0 Å². The van der Waals surface area contributed by atoms with Gasteiger partial charge in [-0.1, -0.05) is 19.1 Å². The van der Waals surface area contributed by atoms with Crippen LogP contribution >= 0.6 is 0 Å². The first kappa shape index (κ1) is 24.6. The van der Waals surface area contributed by atoms with E-state index in [1.165, 1.54) is 17.9 Å². The summed E-state index contributed by atoms with van der Waals surface area (Å²) in [4.78, 5) is 53.2. The number of aromatic hydroxyl groups is 1. The fraction of sp³-hybridized carbons (Fsp3) is 0.440. The number of likely N-dealkylation sites (N-methyl/N-ethyl adjacent to an activating group) is 1. The smallest absolute Gasteiger partial charge is 0.264 e. The zero-order chi connectivity index (χ0) is 26.1. The van der Waals surface area contributed by atoms with Crippen molar-refractivity contribution in [3.8, 4) is 5.75 Å². The summed E-state index contributed by atoms with van der Waals surface area (Å²) >= 11 is 0. The summed E-state index contributed by atoms with van der Waals surface area (Å²) in [7, 11) is 3.09. The summed E-state index contributed by atoms with van der Waals surface area (Å²) in [5, 5.41) is 46.4. The zero-order valence-electron chi connectivity index (χ0n) is 20.0. The molecular formula is C25H28N2O8. The second-order valence-electron chi connectivity index (χ2n) is 9.87. The van der Waals surface area contributed by atoms with Gasteiger partial charge in [0.2, 0.25) is 5.91 Å². The molecule has 186 valence electrons. The number of ketones is 2. The fourth-order valence-corrected chi connectivity index (χ4v) is 6.11. The average Bonchev–Trinajstić information content (AvgIpc) is 2.75. The second kappa shape index (κ2) is 8.03. The number of allylic oxidation sites excluding steroid dienone is 1. The van der Waals surface area contributed by atoms with Crippen LogP contribution < -0.4 is 5.32 Å². The van der Waals surface area contributed by atoms with Gasteiger partial charge < -0.3 is 20.4 Å². The Morgan fingerprint density at radius 3 is 2.31 bits per heavy atom. The van der Waals surface area contributed by atoms with Gasteiger partial charge in [0, 0.05) is 24.3 Å². The molecule has 1 fully saturated rings. The number of amides is 2. The molecule has 0 aromatic heterocycles. The van der Waals surface area contributed by atoms with Crippen LogP contribution in [0.25, 0.3) is 5.76 Å². The largest absolute Gasteiger partial charge is 0.510 e. The van der Waals surface area contributed by atoms with Crippen molar-refractivity contribution in [3.63, 3.8) is 0 Å². The molecule has 3 aliphatic carbocycles. The van der Waals surface area contributed by atoms with Crippen LogP contribution in [0.2, 0.25) is 0 Å². The summed E-state index contributed by atoms with van der Waals surface area (Å²) in [6.45, 7) is 4.11. The van der Waals surface area contributed by atoms with Crippen molar-refractivity contribution in [1.82, 2.24) is 10.2 Å². The first-order valence-electron chi connectivity index (χ1n) is 11.2. The molecule has 1 saturated carbocycles. The third-order valence-electron chi connectivity index (χ3n) is 7.70. The van der Waals surface area contributed by atoms with Crippen molar-refractivity contribution < 1.29 is 39.6 Å². The lowest BCUT2D eigenvalue weighted by atomic mass is 9.50. The Kier molecular flexibility index (Phi) is 5.65. The summed E-state index contributed by atoms with van der Waals surface area (Å²) in [5.41, 5.74) is -2.33. The molecule has 3 aliphatic rings. The highest BCUT2D eigenvalue weighted by molar-refractivity contribution is 6.26. The molecule has 4 rings (SSSR count). The quantitative estimate of drug-likeness (QED) is 0.384. The number of carbonyl (C=O) groups excluding carboxylic acids is 4. The molecule has 0 bridgehead atoms. The van der Waals surface area contributed by atoms with Crippen LogP contribution in [-0.4, -0.2) is 74.9 Å². The Labute approximate surface area is 201 Å². The van der Waals surface area contributed by atoms with E-state index in [1.807, 2.05) is 5.32 Å². The third-order valence-corrected chi connectivity index (χ3v) is 7.70. The van der Waals surface area contributed by atoms with E-state index in [4.69, 9.17) is 0 Å². The minimum Gasteiger partial charge on any atom is -0.510 e. The van der Waals surface area contributed by atoms with Crippen LogP contribution in [0.15, 0.2) is 35.1 Å². The van der Waals surface area contributed by atoms with Crippen LogP contribution in [0.1, 0.15) is 37.8 Å². The first-order valence-corrected chi connectivity index (χ1v) is 11.2. The lowest BCUT2D eigenvalue weighted by Crippen LogP contribution is -2.66. The topological polar surface area (TPSA) is 164 Å². The normalized spacial score (nSPS) is 32.3. The second-order valence-corrected chi connectivity index (χ2v) is 9.87. The van der Waals surface area contributed by atoms with Gasteiger partial charge in [-0.2, -0.15) is 0 Å². The number of imide groups is 1. The van der Waals surface area contributed by atoms with Crippen molar-refractivity contribution in [2.45, 2.75) is 38.8 Å². The average molecular weight is 485 g/mol. The Morgan fingerprint density at radius 1 is 1.11 bits per heavy atom. The monoisotopic (exact) mass is 484 g/mol. The number of carbonyl (C=O) groups is 4. The summed E-state index contributed by atoms with van der Waals surface area (Å²) in [6, 6.07) is 3.43. The number of aliphatic hydroxyl groups is 3. The molecular weight excluding hydrogens is 456 g/mol. The minimum atomic E-state index is -1.98. The van der Waals surface area contributed by atoms with Gasteiger partial charge in [0.05, 0.1) is 23.1 Å². The Bertz CT molecular complexity index is 1250. The van der Waals surface area contributed by atoms with Crippen molar-refractivity contribution in [1.29, 1.82) is 0 Å². The number of benzene rings is 1. The summed E-state index contributed by atoms with van der Waals surface area (Å²) < 4.78 is 0. The number of Topliss-reactive ketones (excluding diaryl/α,β-unsaturated/α-hetero) is 2. The van der Waals surface area contributed by atoms with Crippen LogP contribution in [0.5, 0.6) is 5.75 Å². The molecule has 10 heteroatoms. The molecule has 0 radical (unpaired) electrons. The van der Waals surface area contributed by atoms with Crippen LogP contribution in [-0.2, 0) is 19.2 Å². The molecule has 35 heavy (non-hydrogen) atoms. The van der Waals surface area contributed by atoms with Gasteiger partial charge in [0.1, 0.15) is 22.8 Å². The van der Waals surface area contributed by atoms with Gasteiger partial charge >= 0.3 is 0 Å². The molecule has 0 unspecified atom stereocenters. The number of aliphatic hydroxyl groups excluding tert-OH is 3. The zero-order valence-corrected chi connectivity index (χ0v) is 20.0. The molecule has 0 saturated heterocycles. The Balaban J connectivity index is 2.03. The number of hydrogen-bond acceptors (Lipinski definition) is 9. The SMILES string of the molecule is CC(=O)NC(=O)C1=C(O)[C@@]2(C)C(=O)C3=C(O)c4c(O)cccc4[C@H](C)[C@H]3[C@H](O)[C@H]2[C@H](N(C)C)C1=O. The maximum Gasteiger partial charge on any atom is 0.264 e. The summed E-state index contributed by atoms with van der Waals surface area (Å²) in [6.07, 6.45) is -1.39. The van der Waals surface area contributed by atoms with Gasteiger partial charge in [0.15, 0.2) is 11.6 Å². The van der Waals surface area contributed by atoms with E-state index < -0.39 is 75.8 Å². The molecule has 10 nitrogen and oxygen atoms in total. The van der Waals surface area contributed by atoms with E-state index in [0.717, 1.165) is 6.92 Å². The van der Waals surface area contributed by atoms with Crippen LogP contribution in [0.3, 0.4) is 0 Å². The number of fused-ring (bicyclic) bond motifs is 3. The minimum absolute atomic E-state index is 0.0583. The van der Waals surface area contributed by atoms with E-state index in [2.05, 4.69) is 0 Å². The van der Waals surface area contributed by atoms with E-state index in [1.54, 1.807) is 33.2 Å². The van der Waals surface area contributed by atoms with E-state index in [-0.39, 0.29) is 16.9 Å². The number of phenolic OH excluding ortho intramolecular Hbond substituents is 1. The number of nitrogens with one attached hydrogen (secondary N) is 1. The maximum atomic E-state index is 14.1. The molecule has 0 heterocycles. The van der Waals surface area contributed by atoms with Crippen molar-refractivity contribution in [2.75, 3.05) is 14.1 Å². The Hall–Kier alpha value is -3.50. The highest BCUT2D eigenvalue weighted by Crippen LogP contribution is 2.59. The molecule has 2 amide bonds. The van der Waals surface area contributed by atoms with E-state index in [0.29, 0.717) is 5.56 Å². The predicted molar refractivity (Wildman–Crippen MR) is 123 cm³/mol. The molecule has 1 aromatic rings. The predicted octanol–water partition coefficient (Wildman–Crippen LogP) is 0.948. The van der Waals surface area contributed by atoms with Gasteiger partial charge in [-0.3, -0.25) is 29.4 Å². The van der Waals surface area contributed by atoms with E-state index in [9.17, 15) is 39.6 Å². The van der Waals surface area contributed by atoms with Gasteiger partial charge in [-0.05, 0) is 38.6 Å². The highest BCUT2D eigenvalue weighted by Gasteiger charge is 2.66. The van der Waals surface area contributed by atoms with Gasteiger partial charge in [-0.25, -0.2) is 0 Å².